The molecule has 0 amide bonds. The smallest absolute Gasteiger partial charge is 0.0669 e. The van der Waals surface area contributed by atoms with Crippen LogP contribution in [0.5, 0.6) is 0 Å². The maximum atomic E-state index is 5.48. The van der Waals surface area contributed by atoms with Gasteiger partial charge in [-0.25, -0.2) is 0 Å². The van der Waals surface area contributed by atoms with Gasteiger partial charge in [0.15, 0.2) is 0 Å². The molecule has 0 radical (unpaired) electrons. The Kier molecular flexibility index (Phi) is 4.78. The van der Waals surface area contributed by atoms with E-state index in [4.69, 9.17) is 4.74 Å². The van der Waals surface area contributed by atoms with Crippen molar-refractivity contribution >= 4 is 0 Å². The zero-order valence-corrected chi connectivity index (χ0v) is 11.8. The molecule has 0 aliphatic carbocycles. The van der Waals surface area contributed by atoms with Gasteiger partial charge in [-0.2, -0.15) is 5.10 Å². The summed E-state index contributed by atoms with van der Waals surface area (Å²) in [6.45, 7) is 7.15. The van der Waals surface area contributed by atoms with Crippen LogP contribution in [0.25, 0.3) is 0 Å². The third-order valence-electron chi connectivity index (χ3n) is 3.77. The van der Waals surface area contributed by atoms with E-state index in [0.29, 0.717) is 12.0 Å². The lowest BCUT2D eigenvalue weighted by Gasteiger charge is -2.31. The highest BCUT2D eigenvalue weighted by molar-refractivity contribution is 5.22. The number of aromatic nitrogens is 2. The summed E-state index contributed by atoms with van der Waals surface area (Å²) >= 11 is 0. The molecule has 0 saturated carbocycles. The van der Waals surface area contributed by atoms with Gasteiger partial charge in [0.25, 0.3) is 0 Å². The highest BCUT2D eigenvalue weighted by Crippen LogP contribution is 2.31. The van der Waals surface area contributed by atoms with Crippen molar-refractivity contribution in [1.29, 1.82) is 0 Å². The Balaban J connectivity index is 2.21. The van der Waals surface area contributed by atoms with Gasteiger partial charge in [0.05, 0.1) is 5.69 Å². The van der Waals surface area contributed by atoms with Gasteiger partial charge in [0.1, 0.15) is 0 Å². The second-order valence-electron chi connectivity index (χ2n) is 5.04. The van der Waals surface area contributed by atoms with Crippen LogP contribution in [-0.4, -0.2) is 29.5 Å². The van der Waals surface area contributed by atoms with Crippen molar-refractivity contribution in [3.05, 3.63) is 17.5 Å². The van der Waals surface area contributed by atoms with Gasteiger partial charge in [0.2, 0.25) is 0 Å². The summed E-state index contributed by atoms with van der Waals surface area (Å²) in [7, 11) is 2.01. The van der Waals surface area contributed by atoms with Gasteiger partial charge in [-0.1, -0.05) is 13.8 Å². The van der Waals surface area contributed by atoms with Crippen molar-refractivity contribution in [2.45, 2.75) is 39.2 Å². The van der Waals surface area contributed by atoms with E-state index >= 15 is 0 Å². The van der Waals surface area contributed by atoms with Crippen LogP contribution >= 0.6 is 0 Å². The molecule has 18 heavy (non-hydrogen) atoms. The minimum atomic E-state index is 0.433. The monoisotopic (exact) mass is 251 g/mol. The van der Waals surface area contributed by atoms with Crippen molar-refractivity contribution in [2.24, 2.45) is 13.0 Å². The highest BCUT2D eigenvalue weighted by Gasteiger charge is 2.27. The molecular formula is C14H25N3O. The minimum absolute atomic E-state index is 0.433. The van der Waals surface area contributed by atoms with Crippen molar-refractivity contribution in [3.63, 3.8) is 0 Å². The Labute approximate surface area is 110 Å². The topological polar surface area (TPSA) is 39.1 Å². The highest BCUT2D eigenvalue weighted by atomic mass is 16.5. The standard InChI is InChI=1S/C14H25N3O/c1-4-13-12(10-17(3)16-13)14(15-5-2)11-6-8-18-9-7-11/h10-11,14-15H,4-9H2,1-3H3. The number of hydrogen-bond donors (Lipinski definition) is 1. The average molecular weight is 251 g/mol. The molecule has 1 unspecified atom stereocenters. The van der Waals surface area contributed by atoms with Crippen molar-refractivity contribution < 1.29 is 4.74 Å². The molecule has 1 saturated heterocycles. The second kappa shape index (κ2) is 6.34. The Morgan fingerprint density at radius 2 is 2.17 bits per heavy atom. The fourth-order valence-corrected chi connectivity index (χ4v) is 2.89. The fourth-order valence-electron chi connectivity index (χ4n) is 2.89. The van der Waals surface area contributed by atoms with Gasteiger partial charge >= 0.3 is 0 Å². The molecule has 2 rings (SSSR count). The molecule has 1 aromatic heterocycles. The summed E-state index contributed by atoms with van der Waals surface area (Å²) < 4.78 is 7.42. The SMILES string of the molecule is CCNC(c1cn(C)nc1CC)C1CCOCC1. The van der Waals surface area contributed by atoms with Crippen LogP contribution in [0.1, 0.15) is 44.0 Å². The maximum absolute atomic E-state index is 5.48. The van der Waals surface area contributed by atoms with Crippen LogP contribution in [0.2, 0.25) is 0 Å². The summed E-state index contributed by atoms with van der Waals surface area (Å²) in [5.74, 6) is 0.674. The molecule has 4 nitrogen and oxygen atoms in total. The van der Waals surface area contributed by atoms with Gasteiger partial charge in [0, 0.05) is 38.1 Å². The lowest BCUT2D eigenvalue weighted by Crippen LogP contribution is -2.32. The van der Waals surface area contributed by atoms with Gasteiger partial charge in [-0.15, -0.1) is 0 Å². The van der Waals surface area contributed by atoms with E-state index in [1.165, 1.54) is 11.3 Å². The van der Waals surface area contributed by atoms with Crippen molar-refractivity contribution in [3.8, 4) is 0 Å². The zero-order valence-electron chi connectivity index (χ0n) is 11.8. The molecule has 1 aliphatic rings. The Morgan fingerprint density at radius 1 is 1.44 bits per heavy atom. The summed E-state index contributed by atoms with van der Waals surface area (Å²) in [6, 6.07) is 0.433. The number of aryl methyl sites for hydroxylation is 2. The molecule has 1 atom stereocenters. The summed E-state index contributed by atoms with van der Waals surface area (Å²) in [5, 5.41) is 8.22. The summed E-state index contributed by atoms with van der Waals surface area (Å²) in [6.07, 6.45) is 5.48. The molecule has 1 N–H and O–H groups in total. The Morgan fingerprint density at radius 3 is 2.78 bits per heavy atom. The first-order chi connectivity index (χ1) is 8.76. The van der Waals surface area contributed by atoms with E-state index in [-0.39, 0.29) is 0 Å². The maximum Gasteiger partial charge on any atom is 0.0669 e. The molecular weight excluding hydrogens is 226 g/mol. The van der Waals surface area contributed by atoms with E-state index in [1.807, 2.05) is 11.7 Å². The molecule has 102 valence electrons. The first-order valence-electron chi connectivity index (χ1n) is 7.09. The van der Waals surface area contributed by atoms with Crippen LogP contribution in [0.15, 0.2) is 6.20 Å². The third kappa shape index (κ3) is 2.93. The Hall–Kier alpha value is -0.870. The summed E-state index contributed by atoms with van der Waals surface area (Å²) in [5.41, 5.74) is 2.61. The quantitative estimate of drug-likeness (QED) is 0.870. The van der Waals surface area contributed by atoms with Crippen LogP contribution in [0.4, 0.5) is 0 Å². The van der Waals surface area contributed by atoms with Crippen molar-refractivity contribution in [2.75, 3.05) is 19.8 Å². The molecule has 4 heteroatoms. The second-order valence-corrected chi connectivity index (χ2v) is 5.04. The fraction of sp³-hybridized carbons (Fsp3) is 0.786. The lowest BCUT2D eigenvalue weighted by atomic mass is 9.87. The Bertz CT molecular complexity index is 369. The number of nitrogens with zero attached hydrogens (tertiary/aromatic N) is 2. The van der Waals surface area contributed by atoms with E-state index in [1.54, 1.807) is 0 Å². The number of nitrogens with one attached hydrogen (secondary N) is 1. The minimum Gasteiger partial charge on any atom is -0.381 e. The lowest BCUT2D eigenvalue weighted by molar-refractivity contribution is 0.0537. The normalized spacial score (nSPS) is 19.1. The molecule has 0 bridgehead atoms. The largest absolute Gasteiger partial charge is 0.381 e. The first-order valence-corrected chi connectivity index (χ1v) is 7.09. The average Bonchev–Trinajstić information content (AvgIpc) is 2.78. The van der Waals surface area contributed by atoms with E-state index in [0.717, 1.165) is 39.0 Å². The third-order valence-corrected chi connectivity index (χ3v) is 3.77. The molecule has 2 heterocycles. The van der Waals surface area contributed by atoms with Gasteiger partial charge < -0.3 is 10.1 Å². The van der Waals surface area contributed by atoms with Gasteiger partial charge in [-0.3, -0.25) is 4.68 Å². The molecule has 0 aromatic carbocycles. The predicted molar refractivity (Wildman–Crippen MR) is 72.5 cm³/mol. The number of rotatable bonds is 5. The van der Waals surface area contributed by atoms with Crippen LogP contribution in [-0.2, 0) is 18.2 Å². The predicted octanol–water partition coefficient (Wildman–Crippen LogP) is 2.06. The van der Waals surface area contributed by atoms with E-state index < -0.39 is 0 Å². The zero-order chi connectivity index (χ0) is 13.0. The summed E-state index contributed by atoms with van der Waals surface area (Å²) in [4.78, 5) is 0. The van der Waals surface area contributed by atoms with Gasteiger partial charge in [-0.05, 0) is 31.7 Å². The first kappa shape index (κ1) is 13.6. The number of ether oxygens (including phenoxy) is 1. The van der Waals surface area contributed by atoms with Crippen LogP contribution in [0.3, 0.4) is 0 Å². The van der Waals surface area contributed by atoms with Crippen LogP contribution < -0.4 is 5.32 Å². The van der Waals surface area contributed by atoms with E-state index in [9.17, 15) is 0 Å². The van der Waals surface area contributed by atoms with Crippen molar-refractivity contribution in [1.82, 2.24) is 15.1 Å². The molecule has 1 fully saturated rings. The van der Waals surface area contributed by atoms with Crippen LogP contribution in [0, 0.1) is 5.92 Å². The molecule has 1 aliphatic heterocycles. The number of hydrogen-bond acceptors (Lipinski definition) is 3. The van der Waals surface area contributed by atoms with E-state index in [2.05, 4.69) is 30.5 Å². The molecule has 0 spiro atoms. The molecule has 1 aromatic rings.